The van der Waals surface area contributed by atoms with Gasteiger partial charge in [0.15, 0.2) is 0 Å². The van der Waals surface area contributed by atoms with Gasteiger partial charge in [-0.15, -0.1) is 0 Å². The number of aryl methyl sites for hydroxylation is 1. The molecule has 1 aromatic heterocycles. The lowest BCUT2D eigenvalue weighted by Gasteiger charge is -2.28. The lowest BCUT2D eigenvalue weighted by Crippen LogP contribution is -2.44. The van der Waals surface area contributed by atoms with E-state index in [2.05, 4.69) is 4.98 Å². The standard InChI is InChI=1S/C32H34F3N3O3/c1-23-8-3-4-9-27(23)31(40)38(17-7-19-41-2)22-30(39)37(21-24-12-14-26(15-13-24)32(33,34)35)18-16-25-20-36-29-11-6-5-10-28(25)29/h3-6,8-15,20,36H,7,16-19,21-22H2,1-2H3. The summed E-state index contributed by atoms with van der Waals surface area (Å²) in [7, 11) is 1.58. The zero-order valence-corrected chi connectivity index (χ0v) is 23.2. The molecule has 2 amide bonds. The molecule has 0 bridgehead atoms. The normalized spacial score (nSPS) is 11.5. The second-order valence-electron chi connectivity index (χ2n) is 10.0. The molecule has 0 unspecified atom stereocenters. The molecule has 6 nitrogen and oxygen atoms in total. The average molecular weight is 566 g/mol. The van der Waals surface area contributed by atoms with Gasteiger partial charge in [-0.25, -0.2) is 0 Å². The number of aromatic nitrogens is 1. The molecular formula is C32H34F3N3O3. The largest absolute Gasteiger partial charge is 0.416 e. The molecule has 0 aliphatic heterocycles. The van der Waals surface area contributed by atoms with Crippen molar-refractivity contribution in [3.63, 3.8) is 0 Å². The molecule has 0 radical (unpaired) electrons. The van der Waals surface area contributed by atoms with Crippen LogP contribution in [0.1, 0.15) is 39.0 Å². The fraction of sp³-hybridized carbons (Fsp3) is 0.312. The Morgan fingerprint density at radius 2 is 1.61 bits per heavy atom. The predicted molar refractivity (Wildman–Crippen MR) is 152 cm³/mol. The maximum atomic E-state index is 13.8. The molecule has 0 atom stereocenters. The first-order chi connectivity index (χ1) is 19.7. The number of amides is 2. The molecule has 0 saturated carbocycles. The molecule has 0 aliphatic carbocycles. The molecule has 0 aliphatic rings. The van der Waals surface area contributed by atoms with Gasteiger partial charge in [0.2, 0.25) is 5.91 Å². The monoisotopic (exact) mass is 565 g/mol. The SMILES string of the molecule is COCCCN(CC(=O)N(CCc1c[nH]c2ccccc12)Cc1ccc(C(F)(F)F)cc1)C(=O)c1ccccc1C. The Labute approximate surface area is 237 Å². The Morgan fingerprint density at radius 3 is 2.32 bits per heavy atom. The number of nitrogens with one attached hydrogen (secondary N) is 1. The van der Waals surface area contributed by atoms with Crippen LogP contribution >= 0.6 is 0 Å². The molecular weight excluding hydrogens is 531 g/mol. The highest BCUT2D eigenvalue weighted by molar-refractivity contribution is 5.97. The molecule has 41 heavy (non-hydrogen) atoms. The number of para-hydroxylation sites is 1. The highest BCUT2D eigenvalue weighted by Crippen LogP contribution is 2.29. The first kappa shape index (κ1) is 29.9. The van der Waals surface area contributed by atoms with Crippen LogP contribution in [0, 0.1) is 6.92 Å². The van der Waals surface area contributed by atoms with Gasteiger partial charge in [-0.2, -0.15) is 13.2 Å². The van der Waals surface area contributed by atoms with Gasteiger partial charge in [0, 0.05) is 56.0 Å². The van der Waals surface area contributed by atoms with Crippen molar-refractivity contribution in [3.8, 4) is 0 Å². The topological polar surface area (TPSA) is 65.6 Å². The van der Waals surface area contributed by atoms with Crippen molar-refractivity contribution in [2.45, 2.75) is 32.5 Å². The Morgan fingerprint density at radius 1 is 0.902 bits per heavy atom. The van der Waals surface area contributed by atoms with E-state index in [-0.39, 0.29) is 24.9 Å². The summed E-state index contributed by atoms with van der Waals surface area (Å²) in [6.07, 6.45) is -1.45. The molecule has 1 N–H and O–H groups in total. The van der Waals surface area contributed by atoms with Crippen LogP contribution in [-0.4, -0.2) is 59.9 Å². The highest BCUT2D eigenvalue weighted by atomic mass is 19.4. The minimum atomic E-state index is -4.44. The number of halogens is 3. The Hall–Kier alpha value is -4.11. The van der Waals surface area contributed by atoms with Crippen LogP contribution < -0.4 is 0 Å². The molecule has 1 heterocycles. The van der Waals surface area contributed by atoms with E-state index in [1.165, 1.54) is 17.0 Å². The summed E-state index contributed by atoms with van der Waals surface area (Å²) >= 11 is 0. The van der Waals surface area contributed by atoms with Crippen molar-refractivity contribution in [1.29, 1.82) is 0 Å². The smallest absolute Gasteiger partial charge is 0.385 e. The lowest BCUT2D eigenvalue weighted by molar-refractivity contribution is -0.137. The highest BCUT2D eigenvalue weighted by Gasteiger charge is 2.30. The number of methoxy groups -OCH3 is 1. The number of aromatic amines is 1. The molecule has 4 rings (SSSR count). The number of fused-ring (bicyclic) bond motifs is 1. The van der Waals surface area contributed by atoms with Crippen molar-refractivity contribution in [3.05, 3.63) is 107 Å². The van der Waals surface area contributed by atoms with E-state index in [4.69, 9.17) is 4.74 Å². The van der Waals surface area contributed by atoms with Crippen molar-refractivity contribution in [2.24, 2.45) is 0 Å². The number of hydrogen-bond acceptors (Lipinski definition) is 3. The molecule has 0 spiro atoms. The number of benzene rings is 3. The van der Waals surface area contributed by atoms with Crippen LogP contribution in [0.4, 0.5) is 13.2 Å². The molecule has 4 aromatic rings. The quantitative estimate of drug-likeness (QED) is 0.207. The van der Waals surface area contributed by atoms with Gasteiger partial charge >= 0.3 is 6.18 Å². The third-order valence-electron chi connectivity index (χ3n) is 7.10. The molecule has 216 valence electrons. The van der Waals surface area contributed by atoms with Gasteiger partial charge in [-0.3, -0.25) is 9.59 Å². The van der Waals surface area contributed by atoms with Gasteiger partial charge in [0.05, 0.1) is 5.56 Å². The van der Waals surface area contributed by atoms with Gasteiger partial charge in [0.25, 0.3) is 5.91 Å². The van der Waals surface area contributed by atoms with Crippen LogP contribution in [0.25, 0.3) is 10.9 Å². The summed E-state index contributed by atoms with van der Waals surface area (Å²) in [6, 6.07) is 19.9. The molecule has 0 fully saturated rings. The maximum Gasteiger partial charge on any atom is 0.416 e. The number of alkyl halides is 3. The van der Waals surface area contributed by atoms with Crippen molar-refractivity contribution in [2.75, 3.05) is 33.4 Å². The molecule has 0 saturated heterocycles. The third-order valence-corrected chi connectivity index (χ3v) is 7.10. The van der Waals surface area contributed by atoms with E-state index in [1.54, 1.807) is 24.1 Å². The van der Waals surface area contributed by atoms with E-state index in [9.17, 15) is 22.8 Å². The van der Waals surface area contributed by atoms with E-state index in [0.717, 1.165) is 34.2 Å². The van der Waals surface area contributed by atoms with Crippen LogP contribution in [-0.2, 0) is 28.7 Å². The number of H-pyrrole nitrogens is 1. The number of carbonyl (C=O) groups excluding carboxylic acids is 2. The van der Waals surface area contributed by atoms with Crippen LogP contribution in [0.15, 0.2) is 79.0 Å². The van der Waals surface area contributed by atoms with Crippen molar-refractivity contribution < 1.29 is 27.5 Å². The Balaban J connectivity index is 1.57. The summed E-state index contributed by atoms with van der Waals surface area (Å²) < 4.78 is 44.5. The number of ether oxygens (including phenoxy) is 1. The summed E-state index contributed by atoms with van der Waals surface area (Å²) in [5.74, 6) is -0.539. The summed E-state index contributed by atoms with van der Waals surface area (Å²) in [5, 5.41) is 1.05. The maximum absolute atomic E-state index is 13.8. The third kappa shape index (κ3) is 7.76. The number of hydrogen-bond donors (Lipinski definition) is 1. The van der Waals surface area contributed by atoms with Crippen molar-refractivity contribution in [1.82, 2.24) is 14.8 Å². The van der Waals surface area contributed by atoms with E-state index < -0.39 is 11.7 Å². The predicted octanol–water partition coefficient (Wildman–Crippen LogP) is 6.25. The van der Waals surface area contributed by atoms with Gasteiger partial charge < -0.3 is 19.5 Å². The minimum Gasteiger partial charge on any atom is -0.385 e. The number of nitrogens with zero attached hydrogens (tertiary/aromatic N) is 2. The molecule has 9 heteroatoms. The zero-order valence-electron chi connectivity index (χ0n) is 23.2. The summed E-state index contributed by atoms with van der Waals surface area (Å²) in [5.41, 5.74) is 3.16. The van der Waals surface area contributed by atoms with Crippen LogP contribution in [0.3, 0.4) is 0 Å². The number of rotatable bonds is 12. The van der Waals surface area contributed by atoms with E-state index >= 15 is 0 Å². The first-order valence-electron chi connectivity index (χ1n) is 13.5. The summed E-state index contributed by atoms with van der Waals surface area (Å²) in [6.45, 7) is 2.88. The second kappa shape index (κ2) is 13.5. The van der Waals surface area contributed by atoms with Crippen molar-refractivity contribution >= 4 is 22.7 Å². The zero-order chi connectivity index (χ0) is 29.4. The van der Waals surface area contributed by atoms with E-state index in [1.807, 2.05) is 49.5 Å². The molecule has 3 aromatic carbocycles. The fourth-order valence-electron chi connectivity index (χ4n) is 4.80. The second-order valence-corrected chi connectivity index (χ2v) is 10.0. The first-order valence-corrected chi connectivity index (χ1v) is 13.5. The minimum absolute atomic E-state index is 0.115. The van der Waals surface area contributed by atoms with Gasteiger partial charge in [-0.1, -0.05) is 48.5 Å². The average Bonchev–Trinajstić information content (AvgIpc) is 3.37. The lowest BCUT2D eigenvalue weighted by atomic mass is 10.1. The Bertz CT molecular complexity index is 1460. The van der Waals surface area contributed by atoms with Gasteiger partial charge in [-0.05, 0) is 60.7 Å². The summed E-state index contributed by atoms with van der Waals surface area (Å²) in [4.78, 5) is 33.6. The fourth-order valence-corrected chi connectivity index (χ4v) is 4.80. The van der Waals surface area contributed by atoms with Crippen LogP contribution in [0.5, 0.6) is 0 Å². The van der Waals surface area contributed by atoms with E-state index in [0.29, 0.717) is 43.7 Å². The van der Waals surface area contributed by atoms with Gasteiger partial charge in [0.1, 0.15) is 6.54 Å². The number of carbonyl (C=O) groups is 2. The Kier molecular flexibility index (Phi) is 9.83. The van der Waals surface area contributed by atoms with Crippen LogP contribution in [0.2, 0.25) is 0 Å².